The molecule has 1 saturated heterocycles. The van der Waals surface area contributed by atoms with Crippen LogP contribution in [0.15, 0.2) is 24.3 Å². The van der Waals surface area contributed by atoms with Crippen molar-refractivity contribution in [1.29, 1.82) is 0 Å². The Morgan fingerprint density at radius 1 is 1.11 bits per heavy atom. The number of rotatable bonds is 4. The molecule has 0 aromatic heterocycles. The Morgan fingerprint density at radius 3 is 2.56 bits per heavy atom. The summed E-state index contributed by atoms with van der Waals surface area (Å²) in [6.45, 7) is 2.52. The summed E-state index contributed by atoms with van der Waals surface area (Å²) in [5.41, 5.74) is 2.45. The van der Waals surface area contributed by atoms with Gasteiger partial charge in [-0.05, 0) is 44.2 Å². The molecular weight excluding hydrogens is 360 g/mol. The van der Waals surface area contributed by atoms with Crippen LogP contribution in [0.3, 0.4) is 0 Å². The van der Waals surface area contributed by atoms with E-state index in [0.29, 0.717) is 19.0 Å². The molecule has 2 aliphatic heterocycles. The van der Waals surface area contributed by atoms with Gasteiger partial charge in [0.2, 0.25) is 5.91 Å². The average molecular weight is 391 g/mol. The molecule has 2 fully saturated rings. The summed E-state index contributed by atoms with van der Waals surface area (Å²) >= 11 is 0. The third-order valence-corrected chi connectivity index (χ3v) is 8.26. The monoisotopic (exact) mass is 390 g/mol. The van der Waals surface area contributed by atoms with E-state index in [9.17, 15) is 13.2 Å². The maximum Gasteiger partial charge on any atom is 0.242 e. The topological polar surface area (TPSA) is 57.7 Å². The van der Waals surface area contributed by atoms with Crippen LogP contribution in [0.25, 0.3) is 0 Å². The van der Waals surface area contributed by atoms with E-state index in [1.165, 1.54) is 12.0 Å². The Labute approximate surface area is 162 Å². The Kier molecular flexibility index (Phi) is 5.19. The lowest BCUT2D eigenvalue weighted by atomic mass is 9.92. The van der Waals surface area contributed by atoms with Crippen molar-refractivity contribution in [3.05, 3.63) is 29.8 Å². The van der Waals surface area contributed by atoms with Crippen LogP contribution >= 0.6 is 0 Å². The van der Waals surface area contributed by atoms with Crippen molar-refractivity contribution in [3.8, 4) is 0 Å². The van der Waals surface area contributed by atoms with Crippen molar-refractivity contribution in [3.63, 3.8) is 0 Å². The summed E-state index contributed by atoms with van der Waals surface area (Å²) in [5, 5.41) is 0. The maximum atomic E-state index is 13.4. The molecule has 6 heteroatoms. The molecule has 0 spiro atoms. The van der Waals surface area contributed by atoms with Gasteiger partial charge in [0.15, 0.2) is 9.84 Å². The second kappa shape index (κ2) is 7.46. The second-order valence-electron chi connectivity index (χ2n) is 8.46. The largest absolute Gasteiger partial charge is 0.359 e. The van der Waals surface area contributed by atoms with Gasteiger partial charge in [-0.1, -0.05) is 37.5 Å². The number of carbonyl (C=O) groups is 1. The Morgan fingerprint density at radius 2 is 1.85 bits per heavy atom. The first kappa shape index (κ1) is 18.8. The molecule has 0 N–H and O–H groups in total. The Balaban J connectivity index is 1.55. The number of carbonyl (C=O) groups excluding carboxylic acids is 1. The Bertz CT molecular complexity index is 801. The molecule has 0 bridgehead atoms. The highest BCUT2D eigenvalue weighted by molar-refractivity contribution is 7.91. The Hall–Kier alpha value is -1.56. The molecule has 4 rings (SSSR count). The molecule has 3 aliphatic rings. The SMILES string of the molecule is C[C@@H]1Cc2ccccc2N1CC(=O)N(C1CCCCC1)[C@H]1CCS(=O)(=O)C1. The lowest BCUT2D eigenvalue weighted by molar-refractivity contribution is -0.135. The number of fused-ring (bicyclic) bond motifs is 1. The predicted octanol–water partition coefficient (Wildman–Crippen LogP) is 2.79. The molecular formula is C21H30N2O3S. The second-order valence-corrected chi connectivity index (χ2v) is 10.7. The number of nitrogens with zero attached hydrogens (tertiary/aromatic N) is 2. The van der Waals surface area contributed by atoms with Crippen LogP contribution in [0.4, 0.5) is 5.69 Å². The van der Waals surface area contributed by atoms with E-state index < -0.39 is 9.84 Å². The quantitative estimate of drug-likeness (QED) is 0.793. The van der Waals surface area contributed by atoms with E-state index in [1.54, 1.807) is 0 Å². The highest BCUT2D eigenvalue weighted by atomic mass is 32.2. The first-order valence-electron chi connectivity index (χ1n) is 10.3. The fourth-order valence-corrected chi connectivity index (χ4v) is 6.87. The number of amides is 1. The number of hydrogen-bond acceptors (Lipinski definition) is 4. The van der Waals surface area contributed by atoms with Crippen LogP contribution < -0.4 is 4.90 Å². The van der Waals surface area contributed by atoms with Crippen molar-refractivity contribution in [2.24, 2.45) is 0 Å². The number of anilines is 1. The lowest BCUT2D eigenvalue weighted by Crippen LogP contribution is -2.52. The molecule has 1 aromatic carbocycles. The molecule has 148 valence electrons. The van der Waals surface area contributed by atoms with Gasteiger partial charge in [0, 0.05) is 23.8 Å². The minimum absolute atomic E-state index is 0.104. The van der Waals surface area contributed by atoms with Crippen molar-refractivity contribution in [2.75, 3.05) is 23.0 Å². The summed E-state index contributed by atoms with van der Waals surface area (Å²) in [6.07, 6.45) is 7.07. The highest BCUT2D eigenvalue weighted by Crippen LogP contribution is 2.33. The van der Waals surface area contributed by atoms with Crippen LogP contribution in [0.5, 0.6) is 0 Å². The van der Waals surface area contributed by atoms with Crippen LogP contribution in [0, 0.1) is 0 Å². The molecule has 1 amide bonds. The third kappa shape index (κ3) is 3.86. The molecule has 0 radical (unpaired) electrons. The van der Waals surface area contributed by atoms with E-state index in [2.05, 4.69) is 30.0 Å². The zero-order chi connectivity index (χ0) is 19.0. The standard InChI is InChI=1S/C21H30N2O3S/c1-16-13-17-7-5-6-10-20(17)22(16)14-21(24)23(18-8-3-2-4-9-18)19-11-12-27(25,26)15-19/h5-7,10,16,18-19H,2-4,8-9,11-15H2,1H3/t16-,19+/m1/s1. The molecule has 2 heterocycles. The molecule has 2 atom stereocenters. The smallest absolute Gasteiger partial charge is 0.242 e. The molecule has 27 heavy (non-hydrogen) atoms. The van der Waals surface area contributed by atoms with Crippen molar-refractivity contribution >= 4 is 21.4 Å². The van der Waals surface area contributed by atoms with Crippen molar-refractivity contribution in [2.45, 2.75) is 70.0 Å². The first-order chi connectivity index (χ1) is 12.9. The zero-order valence-corrected chi connectivity index (χ0v) is 17.0. The molecule has 1 aromatic rings. The van der Waals surface area contributed by atoms with E-state index in [1.807, 2.05) is 11.0 Å². The minimum Gasteiger partial charge on any atom is -0.359 e. The molecule has 5 nitrogen and oxygen atoms in total. The molecule has 1 saturated carbocycles. The molecule has 1 aliphatic carbocycles. The number of sulfone groups is 1. The van der Waals surface area contributed by atoms with Crippen LogP contribution in [0.2, 0.25) is 0 Å². The van der Waals surface area contributed by atoms with Gasteiger partial charge in [0.25, 0.3) is 0 Å². The summed E-state index contributed by atoms with van der Waals surface area (Å²) in [5.74, 6) is 0.464. The lowest BCUT2D eigenvalue weighted by Gasteiger charge is -2.39. The van der Waals surface area contributed by atoms with E-state index in [4.69, 9.17) is 0 Å². The van der Waals surface area contributed by atoms with Crippen LogP contribution in [-0.4, -0.2) is 55.4 Å². The van der Waals surface area contributed by atoms with Gasteiger partial charge in [-0.3, -0.25) is 4.79 Å². The summed E-state index contributed by atoms with van der Waals surface area (Å²) < 4.78 is 24.1. The van der Waals surface area contributed by atoms with Gasteiger partial charge in [-0.15, -0.1) is 0 Å². The number of benzene rings is 1. The van der Waals surface area contributed by atoms with Crippen LogP contribution in [-0.2, 0) is 21.1 Å². The average Bonchev–Trinajstić information content (AvgIpc) is 3.15. The van der Waals surface area contributed by atoms with Gasteiger partial charge in [-0.25, -0.2) is 8.42 Å². The highest BCUT2D eigenvalue weighted by Gasteiger charge is 2.39. The number of hydrogen-bond donors (Lipinski definition) is 0. The van der Waals surface area contributed by atoms with E-state index in [-0.39, 0.29) is 29.5 Å². The molecule has 0 unspecified atom stereocenters. The van der Waals surface area contributed by atoms with Crippen molar-refractivity contribution in [1.82, 2.24) is 4.90 Å². The van der Waals surface area contributed by atoms with Crippen molar-refractivity contribution < 1.29 is 13.2 Å². The van der Waals surface area contributed by atoms with Gasteiger partial charge in [0.05, 0.1) is 18.1 Å². The first-order valence-corrected chi connectivity index (χ1v) is 12.1. The summed E-state index contributed by atoms with van der Waals surface area (Å²) in [7, 11) is -3.01. The minimum atomic E-state index is -3.01. The maximum absolute atomic E-state index is 13.4. The van der Waals surface area contributed by atoms with Gasteiger partial charge in [0.1, 0.15) is 0 Å². The van der Waals surface area contributed by atoms with E-state index in [0.717, 1.165) is 37.8 Å². The number of para-hydroxylation sites is 1. The third-order valence-electron chi connectivity index (χ3n) is 6.51. The fourth-order valence-electron chi connectivity index (χ4n) is 5.16. The normalized spacial score (nSPS) is 27.5. The van der Waals surface area contributed by atoms with Gasteiger partial charge in [-0.2, -0.15) is 0 Å². The van der Waals surface area contributed by atoms with Gasteiger partial charge >= 0.3 is 0 Å². The summed E-state index contributed by atoms with van der Waals surface area (Å²) in [4.78, 5) is 17.6. The predicted molar refractivity (Wildman–Crippen MR) is 108 cm³/mol. The van der Waals surface area contributed by atoms with E-state index >= 15 is 0 Å². The zero-order valence-electron chi connectivity index (χ0n) is 16.1. The van der Waals surface area contributed by atoms with Crippen LogP contribution in [0.1, 0.15) is 51.0 Å². The summed E-state index contributed by atoms with van der Waals surface area (Å²) in [6, 6.07) is 8.67. The fraction of sp³-hybridized carbons (Fsp3) is 0.667. The van der Waals surface area contributed by atoms with Gasteiger partial charge < -0.3 is 9.80 Å².